The summed E-state index contributed by atoms with van der Waals surface area (Å²) in [6, 6.07) is 32.6. The average Bonchev–Trinajstić information content (AvgIpc) is 3.87. The number of benzene rings is 6. The van der Waals surface area contributed by atoms with E-state index in [0.29, 0.717) is 53.5 Å². The molecule has 4 amide bonds. The number of aromatic nitrogens is 2. The Balaban J connectivity index is 0.000000152. The molecule has 0 bridgehead atoms. The summed E-state index contributed by atoms with van der Waals surface area (Å²) in [7, 11) is 7.69. The number of halogens is 1. The molecule has 13 heteroatoms. The van der Waals surface area contributed by atoms with E-state index in [1.807, 2.05) is 135 Å². The minimum Gasteiger partial charge on any atom is -0.308 e. The van der Waals surface area contributed by atoms with Crippen molar-refractivity contribution >= 4 is 99.9 Å². The minimum atomic E-state index is -0.264. The van der Waals surface area contributed by atoms with Crippen molar-refractivity contribution < 1.29 is 19.2 Å². The molecule has 59 heavy (non-hydrogen) atoms. The largest absolute Gasteiger partial charge is 0.308 e. The molecular formula is C46H37ClN6O4S2. The zero-order chi connectivity index (χ0) is 41.1. The van der Waals surface area contributed by atoms with E-state index in [0.717, 1.165) is 63.1 Å². The monoisotopic (exact) mass is 836 g/mol. The van der Waals surface area contributed by atoms with Crippen molar-refractivity contribution in [3.05, 3.63) is 130 Å². The molecule has 0 aliphatic carbocycles. The molecule has 2 aliphatic rings. The van der Waals surface area contributed by atoms with Gasteiger partial charge in [0.15, 0.2) is 0 Å². The first-order valence-electron chi connectivity index (χ1n) is 19.0. The fourth-order valence-electron chi connectivity index (χ4n) is 7.65. The van der Waals surface area contributed by atoms with Crippen LogP contribution in [0.2, 0.25) is 5.02 Å². The van der Waals surface area contributed by atoms with Gasteiger partial charge in [0.1, 0.15) is 10.0 Å². The van der Waals surface area contributed by atoms with Crippen LogP contribution in [0.25, 0.3) is 63.1 Å². The van der Waals surface area contributed by atoms with Gasteiger partial charge >= 0.3 is 0 Å². The number of amides is 4. The molecule has 0 saturated carbocycles. The Labute approximate surface area is 352 Å². The number of likely N-dealkylation sites (N-methyl/N-ethyl adjacent to an activating group) is 2. The minimum absolute atomic E-state index is 0.220. The fraction of sp³-hybridized carbons (Fsp3) is 0.174. The molecule has 0 spiro atoms. The second-order valence-corrected chi connectivity index (χ2v) is 17.4. The molecule has 0 atom stereocenters. The standard InChI is InChI=1S/C23H18ClN3O2S.C23H19N3O2S/c1-26(2)10-11-27-22(28)15-8-5-7-14-19(15)16(23(27)29)12-18-20(14)30-21(25-18)13-6-3-4-9-17(13)24;1-25(2)11-12-26-22(27)16-10-6-9-15-19(16)17(23(26)28)13-18-20(15)29-21(24-18)14-7-4-3-5-8-14/h3-9,12H,10-11H2,1-2H3;3-10,13H,11-12H2,1-2H3. The summed E-state index contributed by atoms with van der Waals surface area (Å²) in [5, 5.41) is 5.60. The van der Waals surface area contributed by atoms with E-state index in [1.54, 1.807) is 17.4 Å². The molecule has 8 aromatic rings. The van der Waals surface area contributed by atoms with Crippen LogP contribution in [-0.4, -0.2) is 108 Å². The van der Waals surface area contributed by atoms with Gasteiger partial charge in [0.25, 0.3) is 23.6 Å². The van der Waals surface area contributed by atoms with Crippen LogP contribution >= 0.6 is 34.3 Å². The van der Waals surface area contributed by atoms with E-state index in [9.17, 15) is 19.2 Å². The predicted octanol–water partition coefficient (Wildman–Crippen LogP) is 9.20. The Morgan fingerprint density at radius 3 is 1.47 bits per heavy atom. The molecule has 10 rings (SSSR count). The van der Waals surface area contributed by atoms with Crippen LogP contribution in [-0.2, 0) is 0 Å². The van der Waals surface area contributed by atoms with Crippen molar-refractivity contribution in [1.82, 2.24) is 29.6 Å². The van der Waals surface area contributed by atoms with Crippen LogP contribution in [0.4, 0.5) is 0 Å². The first kappa shape index (κ1) is 38.6. The van der Waals surface area contributed by atoms with Gasteiger partial charge in [-0.2, -0.15) is 0 Å². The number of rotatable bonds is 8. The van der Waals surface area contributed by atoms with E-state index in [4.69, 9.17) is 21.6 Å². The maximum atomic E-state index is 13.2. The second-order valence-electron chi connectivity index (χ2n) is 15.0. The number of imide groups is 2. The van der Waals surface area contributed by atoms with Gasteiger partial charge in [-0.05, 0) is 58.5 Å². The van der Waals surface area contributed by atoms with Crippen molar-refractivity contribution in [2.75, 3.05) is 54.4 Å². The van der Waals surface area contributed by atoms with Crippen molar-refractivity contribution in [1.29, 1.82) is 0 Å². The zero-order valence-corrected chi connectivity index (χ0v) is 35.0. The quantitative estimate of drug-likeness (QED) is 0.140. The molecule has 0 N–H and O–H groups in total. The first-order valence-corrected chi connectivity index (χ1v) is 21.1. The van der Waals surface area contributed by atoms with E-state index in [2.05, 4.69) is 0 Å². The van der Waals surface area contributed by atoms with Crippen molar-refractivity contribution in [3.63, 3.8) is 0 Å². The molecule has 0 fully saturated rings. The zero-order valence-electron chi connectivity index (χ0n) is 32.7. The molecule has 6 aromatic carbocycles. The Morgan fingerprint density at radius 2 is 0.966 bits per heavy atom. The van der Waals surface area contributed by atoms with E-state index < -0.39 is 0 Å². The number of carbonyl (C=O) groups excluding carboxylic acids is 4. The Hall–Kier alpha value is -5.89. The highest BCUT2D eigenvalue weighted by molar-refractivity contribution is 7.23. The summed E-state index contributed by atoms with van der Waals surface area (Å²) in [5.74, 6) is -0.964. The van der Waals surface area contributed by atoms with Crippen LogP contribution in [0.5, 0.6) is 0 Å². The average molecular weight is 837 g/mol. The van der Waals surface area contributed by atoms with Crippen molar-refractivity contribution in [2.24, 2.45) is 0 Å². The first-order chi connectivity index (χ1) is 28.5. The molecule has 294 valence electrons. The smallest absolute Gasteiger partial charge is 0.261 e. The highest BCUT2D eigenvalue weighted by Gasteiger charge is 2.35. The molecule has 4 heterocycles. The highest BCUT2D eigenvalue weighted by atomic mass is 35.5. The van der Waals surface area contributed by atoms with Gasteiger partial charge in [-0.3, -0.25) is 29.0 Å². The SMILES string of the molecule is CN(C)CCN1C(=O)c2cccc3c2c(cc2nc(-c4ccccc4)sc23)C1=O.CN(C)CCN1C(=O)c2cccc3c2c(cc2nc(-c4ccccc4Cl)sc23)C1=O. The third kappa shape index (κ3) is 6.76. The summed E-state index contributed by atoms with van der Waals surface area (Å²) in [5.41, 5.74) is 5.69. The van der Waals surface area contributed by atoms with E-state index in [1.165, 1.54) is 21.1 Å². The van der Waals surface area contributed by atoms with Gasteiger partial charge in [0.05, 0.1) is 36.6 Å². The summed E-state index contributed by atoms with van der Waals surface area (Å²) in [4.78, 5) is 68.8. The molecule has 0 unspecified atom stereocenters. The highest BCUT2D eigenvalue weighted by Crippen LogP contribution is 2.42. The van der Waals surface area contributed by atoms with Crippen LogP contribution in [0.1, 0.15) is 41.4 Å². The second kappa shape index (κ2) is 15.4. The van der Waals surface area contributed by atoms with E-state index in [-0.39, 0.29) is 23.6 Å². The molecule has 10 nitrogen and oxygen atoms in total. The fourth-order valence-corrected chi connectivity index (χ4v) is 10.1. The summed E-state index contributed by atoms with van der Waals surface area (Å²) >= 11 is 9.50. The van der Waals surface area contributed by atoms with Crippen molar-refractivity contribution in [3.8, 4) is 21.1 Å². The Kier molecular flexibility index (Phi) is 10.1. The molecule has 0 saturated heterocycles. The maximum Gasteiger partial charge on any atom is 0.261 e. The normalized spacial score (nSPS) is 13.8. The molecule has 0 radical (unpaired) electrons. The lowest BCUT2D eigenvalue weighted by Gasteiger charge is -2.28. The van der Waals surface area contributed by atoms with Gasteiger partial charge in [0.2, 0.25) is 0 Å². The molecular weight excluding hydrogens is 800 g/mol. The lowest BCUT2D eigenvalue weighted by atomic mass is 9.93. The van der Waals surface area contributed by atoms with Gasteiger partial charge in [-0.25, -0.2) is 9.97 Å². The third-order valence-electron chi connectivity index (χ3n) is 10.6. The third-order valence-corrected chi connectivity index (χ3v) is 13.2. The maximum absolute atomic E-state index is 13.2. The Morgan fingerprint density at radius 1 is 0.525 bits per heavy atom. The summed E-state index contributed by atoms with van der Waals surface area (Å²) in [6.07, 6.45) is 0. The number of thiazole rings is 2. The number of nitrogens with zero attached hydrogens (tertiary/aromatic N) is 6. The number of fused-ring (bicyclic) bond motifs is 4. The number of carbonyl (C=O) groups is 4. The topological polar surface area (TPSA) is 107 Å². The molecule has 2 aromatic heterocycles. The number of hydrogen-bond donors (Lipinski definition) is 0. The van der Waals surface area contributed by atoms with Crippen LogP contribution in [0, 0.1) is 0 Å². The lowest BCUT2D eigenvalue weighted by molar-refractivity contribution is 0.0585. The van der Waals surface area contributed by atoms with Gasteiger partial charge in [0, 0.05) is 70.0 Å². The van der Waals surface area contributed by atoms with Gasteiger partial charge in [-0.15, -0.1) is 22.7 Å². The Bertz CT molecular complexity index is 3030. The lowest BCUT2D eigenvalue weighted by Crippen LogP contribution is -2.43. The number of hydrogen-bond acceptors (Lipinski definition) is 10. The molecule has 2 aliphatic heterocycles. The van der Waals surface area contributed by atoms with Crippen LogP contribution < -0.4 is 0 Å². The van der Waals surface area contributed by atoms with Gasteiger partial charge < -0.3 is 9.80 Å². The predicted molar refractivity (Wildman–Crippen MR) is 238 cm³/mol. The van der Waals surface area contributed by atoms with Gasteiger partial charge in [-0.1, -0.05) is 84.4 Å². The summed E-state index contributed by atoms with van der Waals surface area (Å²) < 4.78 is 1.96. The van der Waals surface area contributed by atoms with E-state index >= 15 is 0 Å². The van der Waals surface area contributed by atoms with Crippen molar-refractivity contribution in [2.45, 2.75) is 0 Å². The van der Waals surface area contributed by atoms with Crippen LogP contribution in [0.15, 0.2) is 103 Å². The van der Waals surface area contributed by atoms with Crippen LogP contribution in [0.3, 0.4) is 0 Å². The summed E-state index contributed by atoms with van der Waals surface area (Å²) in [6.45, 7) is 1.95.